The molecule has 0 amide bonds. The molecule has 0 aromatic rings. The predicted octanol–water partition coefficient (Wildman–Crippen LogP) is 2.44. The van der Waals surface area contributed by atoms with Gasteiger partial charge in [0, 0.05) is 6.61 Å². The predicted molar refractivity (Wildman–Crippen MR) is 69.2 cm³/mol. The largest absolute Gasteiger partial charge is 0.418 e. The topological polar surface area (TPSA) is 38.7 Å². The fraction of sp³-hybridized carbons (Fsp3) is 1.00. The van der Waals surface area contributed by atoms with Gasteiger partial charge in [-0.2, -0.15) is 0 Å². The minimum Gasteiger partial charge on any atom is -0.418 e. The van der Waals surface area contributed by atoms with Crippen LogP contribution in [0.15, 0.2) is 0 Å². The third kappa shape index (κ3) is 10.6. The Morgan fingerprint density at radius 2 is 1.53 bits per heavy atom. The molecule has 0 radical (unpaired) electrons. The Hall–Kier alpha value is 0.314. The van der Waals surface area contributed by atoms with Crippen molar-refractivity contribution in [1.29, 1.82) is 0 Å². The van der Waals surface area contributed by atoms with Crippen LogP contribution in [0.1, 0.15) is 6.42 Å². The summed E-state index contributed by atoms with van der Waals surface area (Å²) in [5.41, 5.74) is 0. The first-order valence-corrected chi connectivity index (χ1v) is 12.4. The molecule has 3 nitrogen and oxygen atoms in total. The zero-order chi connectivity index (χ0) is 12.1. The summed E-state index contributed by atoms with van der Waals surface area (Å²) >= 11 is 0. The maximum absolute atomic E-state index is 9.17. The van der Waals surface area contributed by atoms with Crippen LogP contribution in [0.5, 0.6) is 0 Å². The van der Waals surface area contributed by atoms with Crippen molar-refractivity contribution in [3.8, 4) is 0 Å². The molecular weight excluding hydrogens is 224 g/mol. The highest BCUT2D eigenvalue weighted by molar-refractivity contribution is 6.70. The van der Waals surface area contributed by atoms with Gasteiger partial charge in [0.2, 0.25) is 0 Å². The molecule has 0 aliphatic heterocycles. The van der Waals surface area contributed by atoms with Crippen molar-refractivity contribution < 1.29 is 14.0 Å². The standard InChI is InChI=1S/C10H26O3Si2/c1-14(2,3)12-8-7-10(9-11)13-15(4,5)6/h10-11H,7-9H2,1-6H3. The lowest BCUT2D eigenvalue weighted by Gasteiger charge is -2.26. The van der Waals surface area contributed by atoms with Gasteiger partial charge in [-0.25, -0.2) is 0 Å². The lowest BCUT2D eigenvalue weighted by Crippen LogP contribution is -2.35. The summed E-state index contributed by atoms with van der Waals surface area (Å²) in [6.45, 7) is 13.7. The van der Waals surface area contributed by atoms with E-state index in [2.05, 4.69) is 39.3 Å². The van der Waals surface area contributed by atoms with E-state index in [4.69, 9.17) is 8.85 Å². The van der Waals surface area contributed by atoms with Crippen LogP contribution in [0.3, 0.4) is 0 Å². The molecule has 0 rings (SSSR count). The molecule has 0 aliphatic rings. The van der Waals surface area contributed by atoms with E-state index in [1.165, 1.54) is 0 Å². The summed E-state index contributed by atoms with van der Waals surface area (Å²) in [6, 6.07) is 0. The summed E-state index contributed by atoms with van der Waals surface area (Å²) in [5.74, 6) is 0. The second-order valence-corrected chi connectivity index (χ2v) is 14.8. The molecular formula is C10H26O3Si2. The van der Waals surface area contributed by atoms with E-state index in [1.807, 2.05) is 0 Å². The summed E-state index contributed by atoms with van der Waals surface area (Å²) < 4.78 is 11.6. The van der Waals surface area contributed by atoms with Crippen molar-refractivity contribution in [3.63, 3.8) is 0 Å². The number of hydrogen-bond acceptors (Lipinski definition) is 3. The Bertz CT molecular complexity index is 172. The average Bonchev–Trinajstić information content (AvgIpc) is 1.97. The second-order valence-electron chi connectivity index (χ2n) is 5.78. The molecule has 15 heavy (non-hydrogen) atoms. The average molecular weight is 250 g/mol. The molecule has 0 aromatic carbocycles. The van der Waals surface area contributed by atoms with Gasteiger partial charge in [-0.3, -0.25) is 0 Å². The smallest absolute Gasteiger partial charge is 0.184 e. The van der Waals surface area contributed by atoms with Crippen LogP contribution in [0, 0.1) is 0 Å². The molecule has 5 heteroatoms. The molecule has 92 valence electrons. The third-order valence-electron chi connectivity index (χ3n) is 1.70. The third-order valence-corrected chi connectivity index (χ3v) is 3.81. The van der Waals surface area contributed by atoms with Gasteiger partial charge in [0.15, 0.2) is 16.6 Å². The first-order chi connectivity index (χ1) is 6.64. The molecule has 0 heterocycles. The maximum atomic E-state index is 9.17. The monoisotopic (exact) mass is 250 g/mol. The van der Waals surface area contributed by atoms with E-state index in [9.17, 15) is 5.11 Å². The second kappa shape index (κ2) is 6.15. The van der Waals surface area contributed by atoms with Crippen LogP contribution < -0.4 is 0 Å². The fourth-order valence-corrected chi connectivity index (χ4v) is 3.11. The van der Waals surface area contributed by atoms with Gasteiger partial charge in [0.05, 0.1) is 12.7 Å². The molecule has 0 aromatic heterocycles. The van der Waals surface area contributed by atoms with Gasteiger partial charge in [-0.1, -0.05) is 0 Å². The highest BCUT2D eigenvalue weighted by atomic mass is 28.4. The van der Waals surface area contributed by atoms with E-state index < -0.39 is 16.6 Å². The van der Waals surface area contributed by atoms with E-state index in [-0.39, 0.29) is 12.7 Å². The maximum Gasteiger partial charge on any atom is 0.184 e. The lowest BCUT2D eigenvalue weighted by atomic mass is 10.3. The minimum absolute atomic E-state index is 0.0481. The molecule has 0 saturated heterocycles. The Kier molecular flexibility index (Phi) is 6.28. The van der Waals surface area contributed by atoms with Crippen LogP contribution in [0.25, 0.3) is 0 Å². The molecule has 1 N–H and O–H groups in total. The normalized spacial score (nSPS) is 15.4. The van der Waals surface area contributed by atoms with E-state index in [0.29, 0.717) is 6.61 Å². The van der Waals surface area contributed by atoms with Gasteiger partial charge in [0.25, 0.3) is 0 Å². The first kappa shape index (κ1) is 15.3. The van der Waals surface area contributed by atoms with E-state index in [0.717, 1.165) is 6.42 Å². The molecule has 0 aliphatic carbocycles. The van der Waals surface area contributed by atoms with E-state index in [1.54, 1.807) is 0 Å². The van der Waals surface area contributed by atoms with Crippen LogP contribution in [-0.4, -0.2) is 41.1 Å². The lowest BCUT2D eigenvalue weighted by molar-refractivity contribution is 0.0879. The molecule has 0 fully saturated rings. The minimum atomic E-state index is -1.54. The van der Waals surface area contributed by atoms with Gasteiger partial charge in [0.1, 0.15) is 0 Å². The summed E-state index contributed by atoms with van der Waals surface area (Å²) in [4.78, 5) is 0. The Balaban J connectivity index is 3.82. The molecule has 1 unspecified atom stereocenters. The Morgan fingerprint density at radius 1 is 1.00 bits per heavy atom. The van der Waals surface area contributed by atoms with Crippen LogP contribution in [0.4, 0.5) is 0 Å². The number of aliphatic hydroxyl groups is 1. The van der Waals surface area contributed by atoms with Gasteiger partial charge in [-0.05, 0) is 45.7 Å². The van der Waals surface area contributed by atoms with Crippen molar-refractivity contribution in [2.75, 3.05) is 13.2 Å². The Labute approximate surface area is 96.1 Å². The zero-order valence-electron chi connectivity index (χ0n) is 11.0. The highest BCUT2D eigenvalue weighted by Crippen LogP contribution is 2.11. The molecule has 1 atom stereocenters. The summed E-state index contributed by atoms with van der Waals surface area (Å²) in [5, 5.41) is 9.17. The quantitative estimate of drug-likeness (QED) is 0.705. The zero-order valence-corrected chi connectivity index (χ0v) is 13.0. The van der Waals surface area contributed by atoms with Crippen molar-refractivity contribution >= 4 is 16.6 Å². The fourth-order valence-electron chi connectivity index (χ4n) is 1.18. The molecule has 0 bridgehead atoms. The number of rotatable bonds is 7. The Morgan fingerprint density at radius 3 is 1.87 bits per heavy atom. The van der Waals surface area contributed by atoms with Crippen LogP contribution >= 0.6 is 0 Å². The first-order valence-electron chi connectivity index (χ1n) is 5.57. The van der Waals surface area contributed by atoms with E-state index >= 15 is 0 Å². The molecule has 0 saturated carbocycles. The van der Waals surface area contributed by atoms with Crippen molar-refractivity contribution in [2.24, 2.45) is 0 Å². The van der Waals surface area contributed by atoms with Crippen molar-refractivity contribution in [2.45, 2.75) is 51.8 Å². The van der Waals surface area contributed by atoms with Crippen LogP contribution in [-0.2, 0) is 8.85 Å². The van der Waals surface area contributed by atoms with Crippen molar-refractivity contribution in [3.05, 3.63) is 0 Å². The molecule has 0 spiro atoms. The summed E-state index contributed by atoms with van der Waals surface area (Å²) in [6.07, 6.45) is 0.749. The highest BCUT2D eigenvalue weighted by Gasteiger charge is 2.21. The number of hydrogen-bond donors (Lipinski definition) is 1. The summed E-state index contributed by atoms with van der Waals surface area (Å²) in [7, 11) is -2.96. The SMILES string of the molecule is C[Si](C)(C)OCCC(CO)O[Si](C)(C)C. The van der Waals surface area contributed by atoms with Gasteiger partial charge >= 0.3 is 0 Å². The van der Waals surface area contributed by atoms with Crippen molar-refractivity contribution in [1.82, 2.24) is 0 Å². The van der Waals surface area contributed by atoms with Crippen LogP contribution in [0.2, 0.25) is 39.3 Å². The van der Waals surface area contributed by atoms with Gasteiger partial charge < -0.3 is 14.0 Å². The van der Waals surface area contributed by atoms with Gasteiger partial charge in [-0.15, -0.1) is 0 Å². The number of aliphatic hydroxyl groups excluding tert-OH is 1.